The normalized spacial score (nSPS) is 26.2. The summed E-state index contributed by atoms with van der Waals surface area (Å²) in [5.74, 6) is -0.742. The smallest absolute Gasteiger partial charge is 0.323 e. The van der Waals surface area contributed by atoms with E-state index < -0.39 is 11.5 Å². The first-order valence-corrected chi connectivity index (χ1v) is 6.58. The van der Waals surface area contributed by atoms with Crippen molar-refractivity contribution in [2.45, 2.75) is 38.3 Å². The lowest BCUT2D eigenvalue weighted by molar-refractivity contribution is -0.149. The van der Waals surface area contributed by atoms with E-state index in [1.54, 1.807) is 0 Å². The highest BCUT2D eigenvalue weighted by atomic mass is 35.5. The molecule has 1 aliphatic heterocycles. The second-order valence-electron chi connectivity index (χ2n) is 5.11. The van der Waals surface area contributed by atoms with Crippen molar-refractivity contribution in [3.05, 3.63) is 34.9 Å². The van der Waals surface area contributed by atoms with Crippen LogP contribution in [0, 0.1) is 0 Å². The third-order valence-corrected chi connectivity index (χ3v) is 4.19. The van der Waals surface area contributed by atoms with Crippen LogP contribution in [0.1, 0.15) is 38.3 Å². The average Bonchev–Trinajstić information content (AvgIpc) is 2.72. The maximum atomic E-state index is 11.5. The highest BCUT2D eigenvalue weighted by Crippen LogP contribution is 2.37. The van der Waals surface area contributed by atoms with Crippen molar-refractivity contribution in [2.24, 2.45) is 0 Å². The van der Waals surface area contributed by atoms with Gasteiger partial charge in [0.05, 0.1) is 0 Å². The van der Waals surface area contributed by atoms with Crippen molar-refractivity contribution in [3.63, 3.8) is 0 Å². The van der Waals surface area contributed by atoms with Crippen LogP contribution in [0.4, 0.5) is 0 Å². The topological polar surface area (TPSA) is 40.5 Å². The number of nitrogens with zero attached hydrogens (tertiary/aromatic N) is 1. The SMILES string of the molecule is CC(c1cccc(Cl)c1)N1CCCC1(C)C(=O)O. The predicted molar refractivity (Wildman–Crippen MR) is 71.8 cm³/mol. The number of hydrogen-bond acceptors (Lipinski definition) is 2. The Kier molecular flexibility index (Phi) is 3.64. The number of carboxylic acid groups (broad SMARTS) is 1. The molecule has 0 amide bonds. The van der Waals surface area contributed by atoms with Gasteiger partial charge >= 0.3 is 5.97 Å². The highest BCUT2D eigenvalue weighted by Gasteiger charge is 2.45. The maximum absolute atomic E-state index is 11.5. The van der Waals surface area contributed by atoms with E-state index >= 15 is 0 Å². The second-order valence-corrected chi connectivity index (χ2v) is 5.54. The Morgan fingerprint density at radius 2 is 2.28 bits per heavy atom. The number of carboxylic acids is 1. The Morgan fingerprint density at radius 3 is 2.89 bits per heavy atom. The molecule has 1 N–H and O–H groups in total. The van der Waals surface area contributed by atoms with Gasteiger partial charge in [0.15, 0.2) is 0 Å². The summed E-state index contributed by atoms with van der Waals surface area (Å²) in [6, 6.07) is 7.71. The van der Waals surface area contributed by atoms with Crippen LogP contribution in [-0.2, 0) is 4.79 Å². The van der Waals surface area contributed by atoms with Gasteiger partial charge in [-0.2, -0.15) is 0 Å². The molecule has 0 spiro atoms. The Hall–Kier alpha value is -1.06. The van der Waals surface area contributed by atoms with Gasteiger partial charge in [0.2, 0.25) is 0 Å². The van der Waals surface area contributed by atoms with Gasteiger partial charge < -0.3 is 5.11 Å². The zero-order valence-electron chi connectivity index (χ0n) is 10.7. The number of benzene rings is 1. The second kappa shape index (κ2) is 4.90. The lowest BCUT2D eigenvalue weighted by atomic mass is 9.96. The molecular formula is C14H18ClNO2. The first kappa shape index (κ1) is 13.4. The third kappa shape index (κ3) is 2.25. The molecule has 3 nitrogen and oxygen atoms in total. The van der Waals surface area contributed by atoms with E-state index in [2.05, 4.69) is 4.90 Å². The van der Waals surface area contributed by atoms with E-state index in [9.17, 15) is 9.90 Å². The standard InChI is InChI=1S/C14H18ClNO2/c1-10(11-5-3-6-12(15)9-11)16-8-4-7-14(16,2)13(17)18/h3,5-6,9-10H,4,7-8H2,1-2H3,(H,17,18). The first-order valence-electron chi connectivity index (χ1n) is 6.21. The minimum atomic E-state index is -0.762. The molecule has 1 aromatic rings. The van der Waals surface area contributed by atoms with Crippen LogP contribution in [0.15, 0.2) is 24.3 Å². The molecule has 0 bridgehead atoms. The van der Waals surface area contributed by atoms with Crippen molar-refractivity contribution in [1.82, 2.24) is 4.90 Å². The minimum absolute atomic E-state index is 0.0623. The zero-order chi connectivity index (χ0) is 13.3. The van der Waals surface area contributed by atoms with Gasteiger partial charge in [-0.15, -0.1) is 0 Å². The van der Waals surface area contributed by atoms with Gasteiger partial charge in [0.25, 0.3) is 0 Å². The Labute approximate surface area is 112 Å². The van der Waals surface area contributed by atoms with E-state index in [-0.39, 0.29) is 6.04 Å². The van der Waals surface area contributed by atoms with Gasteiger partial charge in [-0.3, -0.25) is 9.69 Å². The first-order chi connectivity index (χ1) is 8.45. The molecule has 2 unspecified atom stereocenters. The molecule has 0 saturated carbocycles. The number of carbonyl (C=O) groups is 1. The lowest BCUT2D eigenvalue weighted by Gasteiger charge is -2.36. The average molecular weight is 268 g/mol. The fourth-order valence-corrected chi connectivity index (χ4v) is 2.98. The number of hydrogen-bond donors (Lipinski definition) is 1. The fraction of sp³-hybridized carbons (Fsp3) is 0.500. The van der Waals surface area contributed by atoms with Crippen LogP contribution in [0.2, 0.25) is 5.02 Å². The minimum Gasteiger partial charge on any atom is -0.480 e. The summed E-state index contributed by atoms with van der Waals surface area (Å²) in [6.45, 7) is 4.66. The molecular weight excluding hydrogens is 250 g/mol. The van der Waals surface area contributed by atoms with Gasteiger partial charge in [-0.1, -0.05) is 23.7 Å². The lowest BCUT2D eigenvalue weighted by Crippen LogP contribution is -2.48. The molecule has 18 heavy (non-hydrogen) atoms. The van der Waals surface area contributed by atoms with Crippen LogP contribution < -0.4 is 0 Å². The zero-order valence-corrected chi connectivity index (χ0v) is 11.4. The molecule has 0 radical (unpaired) electrons. The molecule has 1 saturated heterocycles. The number of likely N-dealkylation sites (tertiary alicyclic amines) is 1. The number of halogens is 1. The monoisotopic (exact) mass is 267 g/mol. The van der Waals surface area contributed by atoms with E-state index in [1.165, 1.54) is 0 Å². The summed E-state index contributed by atoms with van der Waals surface area (Å²) < 4.78 is 0. The van der Waals surface area contributed by atoms with Gasteiger partial charge in [0.1, 0.15) is 5.54 Å². The van der Waals surface area contributed by atoms with Crippen molar-refractivity contribution < 1.29 is 9.90 Å². The predicted octanol–water partition coefficient (Wildman–Crippen LogP) is 3.34. The van der Waals surface area contributed by atoms with Gasteiger partial charge in [-0.05, 0) is 50.9 Å². The Balaban J connectivity index is 2.28. The van der Waals surface area contributed by atoms with E-state index in [1.807, 2.05) is 38.1 Å². The molecule has 0 aromatic heterocycles. The number of aliphatic carboxylic acids is 1. The molecule has 1 fully saturated rings. The van der Waals surface area contributed by atoms with E-state index in [0.29, 0.717) is 11.4 Å². The fourth-order valence-electron chi connectivity index (χ4n) is 2.78. The summed E-state index contributed by atoms with van der Waals surface area (Å²) in [6.07, 6.45) is 1.63. The van der Waals surface area contributed by atoms with Gasteiger partial charge in [0, 0.05) is 11.1 Å². The summed E-state index contributed by atoms with van der Waals surface area (Å²) in [5.41, 5.74) is 0.304. The summed E-state index contributed by atoms with van der Waals surface area (Å²) in [5, 5.41) is 10.1. The maximum Gasteiger partial charge on any atom is 0.323 e. The van der Waals surface area contributed by atoms with E-state index in [0.717, 1.165) is 18.5 Å². The summed E-state index contributed by atoms with van der Waals surface area (Å²) >= 11 is 5.99. The van der Waals surface area contributed by atoms with Crippen LogP contribution in [0.5, 0.6) is 0 Å². The largest absolute Gasteiger partial charge is 0.480 e. The molecule has 0 aliphatic carbocycles. The van der Waals surface area contributed by atoms with Crippen molar-refractivity contribution >= 4 is 17.6 Å². The number of rotatable bonds is 3. The van der Waals surface area contributed by atoms with E-state index in [4.69, 9.17) is 11.6 Å². The van der Waals surface area contributed by atoms with Crippen molar-refractivity contribution in [1.29, 1.82) is 0 Å². The summed E-state index contributed by atoms with van der Waals surface area (Å²) in [7, 11) is 0. The molecule has 4 heteroatoms. The molecule has 1 aromatic carbocycles. The molecule has 98 valence electrons. The van der Waals surface area contributed by atoms with Crippen molar-refractivity contribution in [2.75, 3.05) is 6.54 Å². The Bertz CT molecular complexity index is 463. The van der Waals surface area contributed by atoms with Crippen molar-refractivity contribution in [3.8, 4) is 0 Å². The van der Waals surface area contributed by atoms with Crippen LogP contribution in [-0.4, -0.2) is 28.1 Å². The third-order valence-electron chi connectivity index (χ3n) is 3.96. The molecule has 2 atom stereocenters. The quantitative estimate of drug-likeness (QED) is 0.913. The molecule has 1 aliphatic rings. The summed E-state index contributed by atoms with van der Waals surface area (Å²) in [4.78, 5) is 13.5. The van der Waals surface area contributed by atoms with Crippen LogP contribution in [0.3, 0.4) is 0 Å². The Morgan fingerprint density at radius 1 is 1.56 bits per heavy atom. The van der Waals surface area contributed by atoms with Crippen LogP contribution in [0.25, 0.3) is 0 Å². The van der Waals surface area contributed by atoms with Gasteiger partial charge in [-0.25, -0.2) is 0 Å². The molecule has 1 heterocycles. The molecule has 2 rings (SSSR count). The highest BCUT2D eigenvalue weighted by molar-refractivity contribution is 6.30. The van der Waals surface area contributed by atoms with Crippen LogP contribution >= 0.6 is 11.6 Å².